The lowest BCUT2D eigenvalue weighted by atomic mass is 10.1. The second kappa shape index (κ2) is 12.5. The fourth-order valence-corrected chi connectivity index (χ4v) is 2.87. The number of rotatable bonds is 9. The molecule has 0 atom stereocenters. The minimum Gasteiger partial charge on any atom is -0.357 e. The molecule has 1 aromatic carbocycles. The molecule has 0 unspecified atom stereocenters. The lowest BCUT2D eigenvalue weighted by molar-refractivity contribution is 0.534. The third-order valence-electron chi connectivity index (χ3n) is 3.62. The van der Waals surface area contributed by atoms with Crippen molar-refractivity contribution in [1.82, 2.24) is 10.6 Å². The molecule has 0 aliphatic rings. The van der Waals surface area contributed by atoms with Gasteiger partial charge in [0, 0.05) is 19.3 Å². The first-order chi connectivity index (χ1) is 11.3. The van der Waals surface area contributed by atoms with E-state index in [0.717, 1.165) is 37.0 Å². The minimum atomic E-state index is -3.14. The predicted molar refractivity (Wildman–Crippen MR) is 116 cm³/mol. The van der Waals surface area contributed by atoms with Crippen molar-refractivity contribution in [2.75, 3.05) is 19.3 Å². The molecular weight excluding hydrogens is 449 g/mol. The number of hydrogen-bond acceptors (Lipinski definition) is 3. The molecule has 0 aromatic heterocycles. The number of unbranched alkanes of at least 4 members (excludes halogenated alkanes) is 1. The van der Waals surface area contributed by atoms with Gasteiger partial charge >= 0.3 is 0 Å². The maximum Gasteiger partial charge on any atom is 0.191 e. The van der Waals surface area contributed by atoms with Gasteiger partial charge < -0.3 is 10.6 Å². The van der Waals surface area contributed by atoms with Crippen molar-refractivity contribution >= 4 is 39.8 Å². The van der Waals surface area contributed by atoms with E-state index in [2.05, 4.69) is 29.5 Å². The lowest BCUT2D eigenvalue weighted by Gasteiger charge is -2.11. The average molecular weight is 481 g/mol. The molecule has 0 spiro atoms. The van der Waals surface area contributed by atoms with Crippen LogP contribution in [0, 0.1) is 5.92 Å². The lowest BCUT2D eigenvalue weighted by Crippen LogP contribution is -2.37. The van der Waals surface area contributed by atoms with Gasteiger partial charge in [0.05, 0.1) is 11.4 Å². The van der Waals surface area contributed by atoms with Crippen LogP contribution >= 0.6 is 24.0 Å². The van der Waals surface area contributed by atoms with Crippen LogP contribution in [-0.2, 0) is 16.4 Å². The van der Waals surface area contributed by atoms with Crippen LogP contribution in [0.25, 0.3) is 0 Å². The van der Waals surface area contributed by atoms with E-state index in [4.69, 9.17) is 0 Å². The second-order valence-corrected chi connectivity index (χ2v) is 8.44. The molecule has 7 heteroatoms. The summed E-state index contributed by atoms with van der Waals surface area (Å²) in [6.07, 6.45) is 4.82. The van der Waals surface area contributed by atoms with Crippen LogP contribution in [0.15, 0.2) is 34.2 Å². The van der Waals surface area contributed by atoms with Gasteiger partial charge in [-0.2, -0.15) is 0 Å². The zero-order valence-electron chi connectivity index (χ0n) is 15.7. The van der Waals surface area contributed by atoms with E-state index in [9.17, 15) is 8.42 Å². The first kappa shape index (κ1) is 24.2. The first-order valence-electron chi connectivity index (χ1n) is 8.64. The zero-order valence-corrected chi connectivity index (χ0v) is 18.9. The first-order valence-corrected chi connectivity index (χ1v) is 10.5. The Bertz CT molecular complexity index is 614. The highest BCUT2D eigenvalue weighted by atomic mass is 127. The number of aliphatic imine (C=N–C) groups is 1. The third-order valence-corrected chi connectivity index (χ3v) is 4.74. The van der Waals surface area contributed by atoms with Crippen molar-refractivity contribution in [3.05, 3.63) is 29.8 Å². The van der Waals surface area contributed by atoms with E-state index in [1.165, 1.54) is 19.1 Å². The molecule has 0 fully saturated rings. The summed E-state index contributed by atoms with van der Waals surface area (Å²) in [7, 11) is -3.14. The smallest absolute Gasteiger partial charge is 0.191 e. The van der Waals surface area contributed by atoms with Crippen LogP contribution in [0.5, 0.6) is 0 Å². The van der Waals surface area contributed by atoms with Gasteiger partial charge in [0.25, 0.3) is 0 Å². The monoisotopic (exact) mass is 481 g/mol. The van der Waals surface area contributed by atoms with Gasteiger partial charge in [-0.05, 0) is 37.0 Å². The third kappa shape index (κ3) is 10.7. The summed E-state index contributed by atoms with van der Waals surface area (Å²) in [6.45, 7) is 8.76. The highest BCUT2D eigenvalue weighted by molar-refractivity contribution is 14.0. The quantitative estimate of drug-likeness (QED) is 0.245. The van der Waals surface area contributed by atoms with Gasteiger partial charge in [-0.3, -0.25) is 0 Å². The molecule has 25 heavy (non-hydrogen) atoms. The maximum atomic E-state index is 11.5. The SMILES string of the molecule is CCNC(=NCc1ccc(S(C)(=O)=O)cc1)NCCCCC(C)C.I. The number of nitrogens with zero attached hydrogens (tertiary/aromatic N) is 1. The molecular formula is C18H32IN3O2S. The van der Waals surface area contributed by atoms with Crippen LogP contribution in [0.1, 0.15) is 45.6 Å². The fraction of sp³-hybridized carbons (Fsp3) is 0.611. The van der Waals surface area contributed by atoms with Crippen LogP contribution in [-0.4, -0.2) is 33.7 Å². The van der Waals surface area contributed by atoms with Crippen LogP contribution < -0.4 is 10.6 Å². The van der Waals surface area contributed by atoms with Gasteiger partial charge in [0.1, 0.15) is 0 Å². The van der Waals surface area contributed by atoms with Crippen molar-refractivity contribution < 1.29 is 8.42 Å². The summed E-state index contributed by atoms with van der Waals surface area (Å²) in [4.78, 5) is 4.89. The number of benzene rings is 1. The Balaban J connectivity index is 0.00000576. The minimum absolute atomic E-state index is 0. The van der Waals surface area contributed by atoms with Gasteiger partial charge in [-0.15, -0.1) is 24.0 Å². The Labute approximate surface area is 170 Å². The second-order valence-electron chi connectivity index (χ2n) is 6.43. The van der Waals surface area contributed by atoms with Crippen LogP contribution in [0.4, 0.5) is 0 Å². The van der Waals surface area contributed by atoms with Gasteiger partial charge in [-0.1, -0.05) is 38.8 Å². The topological polar surface area (TPSA) is 70.6 Å². The molecule has 0 saturated carbocycles. The summed E-state index contributed by atoms with van der Waals surface area (Å²) in [5.41, 5.74) is 0.986. The molecule has 5 nitrogen and oxygen atoms in total. The molecule has 0 bridgehead atoms. The van der Waals surface area contributed by atoms with Crippen molar-refractivity contribution in [3.8, 4) is 0 Å². The Hall–Kier alpha value is -0.830. The largest absolute Gasteiger partial charge is 0.357 e. The standard InChI is InChI=1S/C18H31N3O2S.HI/c1-5-19-18(20-13-7-6-8-15(2)3)21-14-16-9-11-17(12-10-16)24(4,22)23;/h9-12,15H,5-8,13-14H2,1-4H3,(H2,19,20,21);1H. The van der Waals surface area contributed by atoms with E-state index in [0.29, 0.717) is 11.4 Å². The molecule has 0 heterocycles. The zero-order chi connectivity index (χ0) is 18.0. The number of guanidine groups is 1. The summed E-state index contributed by atoms with van der Waals surface area (Å²) in [6, 6.07) is 6.89. The Kier molecular flexibility index (Phi) is 12.1. The highest BCUT2D eigenvalue weighted by Gasteiger charge is 2.06. The van der Waals surface area contributed by atoms with E-state index in [1.54, 1.807) is 12.1 Å². The summed E-state index contributed by atoms with van der Waals surface area (Å²) < 4.78 is 22.9. The van der Waals surface area contributed by atoms with Crippen LogP contribution in [0.3, 0.4) is 0 Å². The van der Waals surface area contributed by atoms with E-state index in [1.807, 2.05) is 19.1 Å². The van der Waals surface area contributed by atoms with E-state index in [-0.39, 0.29) is 24.0 Å². The van der Waals surface area contributed by atoms with Gasteiger partial charge in [0.15, 0.2) is 15.8 Å². The number of sulfone groups is 1. The van der Waals surface area contributed by atoms with Crippen molar-refractivity contribution in [2.24, 2.45) is 10.9 Å². The Morgan fingerprint density at radius 3 is 2.28 bits per heavy atom. The molecule has 0 saturated heterocycles. The highest BCUT2D eigenvalue weighted by Crippen LogP contribution is 2.11. The predicted octanol–water partition coefficient (Wildman–Crippen LogP) is 3.59. The van der Waals surface area contributed by atoms with Crippen molar-refractivity contribution in [3.63, 3.8) is 0 Å². The number of nitrogens with one attached hydrogen (secondary N) is 2. The molecule has 1 aromatic rings. The van der Waals surface area contributed by atoms with Crippen molar-refractivity contribution in [1.29, 1.82) is 0 Å². The van der Waals surface area contributed by atoms with E-state index >= 15 is 0 Å². The van der Waals surface area contributed by atoms with E-state index < -0.39 is 9.84 Å². The molecule has 0 aliphatic carbocycles. The summed E-state index contributed by atoms with van der Waals surface area (Å²) in [5, 5.41) is 6.57. The molecule has 0 amide bonds. The number of hydrogen-bond donors (Lipinski definition) is 2. The average Bonchev–Trinajstić information content (AvgIpc) is 2.51. The molecule has 144 valence electrons. The normalized spacial score (nSPS) is 12.0. The van der Waals surface area contributed by atoms with Crippen molar-refractivity contribution in [2.45, 2.75) is 51.5 Å². The molecule has 0 aliphatic heterocycles. The van der Waals surface area contributed by atoms with Crippen LogP contribution in [0.2, 0.25) is 0 Å². The molecule has 2 N–H and O–H groups in total. The Morgan fingerprint density at radius 1 is 1.12 bits per heavy atom. The molecule has 1 rings (SSSR count). The maximum absolute atomic E-state index is 11.5. The van der Waals surface area contributed by atoms with Gasteiger partial charge in [-0.25, -0.2) is 13.4 Å². The summed E-state index contributed by atoms with van der Waals surface area (Å²) in [5.74, 6) is 1.55. The summed E-state index contributed by atoms with van der Waals surface area (Å²) >= 11 is 0. The Morgan fingerprint density at radius 2 is 1.76 bits per heavy atom. The molecule has 0 radical (unpaired) electrons. The van der Waals surface area contributed by atoms with Gasteiger partial charge in [0.2, 0.25) is 0 Å². The number of halogens is 1. The fourth-order valence-electron chi connectivity index (χ4n) is 2.24.